The molecule has 0 fully saturated rings. The quantitative estimate of drug-likeness (QED) is 0.762. The average Bonchev–Trinajstić information content (AvgIpc) is 2.74. The van der Waals surface area contributed by atoms with Gasteiger partial charge in [0, 0.05) is 0 Å². The molecule has 18 heavy (non-hydrogen) atoms. The number of methoxy groups -OCH3 is 1. The molecule has 0 unspecified atom stereocenters. The van der Waals surface area contributed by atoms with Crippen molar-refractivity contribution in [3.8, 4) is 5.69 Å². The first-order chi connectivity index (χ1) is 8.54. The first-order valence-corrected chi connectivity index (χ1v) is 5.31. The Kier molecular flexibility index (Phi) is 3.10. The Hall–Kier alpha value is -2.24. The number of aromatic nitrogens is 3. The van der Waals surface area contributed by atoms with Gasteiger partial charge in [0.15, 0.2) is 5.69 Å². The SMILES string of the molecule is COC(=O)c1nnn(-c2ccc(C)c(F)c2)c1C. The van der Waals surface area contributed by atoms with Crippen molar-refractivity contribution in [2.45, 2.75) is 13.8 Å². The monoisotopic (exact) mass is 249 g/mol. The molecule has 0 aliphatic rings. The number of esters is 1. The fraction of sp³-hybridized carbons (Fsp3) is 0.250. The molecule has 0 N–H and O–H groups in total. The highest BCUT2D eigenvalue weighted by atomic mass is 19.1. The zero-order chi connectivity index (χ0) is 13.3. The van der Waals surface area contributed by atoms with Gasteiger partial charge in [-0.05, 0) is 31.5 Å². The minimum absolute atomic E-state index is 0.124. The Labute approximate surface area is 103 Å². The summed E-state index contributed by atoms with van der Waals surface area (Å²) in [5.74, 6) is -0.895. The number of hydrogen-bond donors (Lipinski definition) is 0. The Bertz CT molecular complexity index is 607. The molecule has 1 aromatic carbocycles. The second-order valence-corrected chi connectivity index (χ2v) is 3.86. The molecular weight excluding hydrogens is 237 g/mol. The van der Waals surface area contributed by atoms with Crippen molar-refractivity contribution in [1.82, 2.24) is 15.0 Å². The summed E-state index contributed by atoms with van der Waals surface area (Å²) >= 11 is 0. The fourth-order valence-corrected chi connectivity index (χ4v) is 1.57. The van der Waals surface area contributed by atoms with E-state index < -0.39 is 5.97 Å². The lowest BCUT2D eigenvalue weighted by molar-refractivity contribution is 0.0593. The number of carbonyl (C=O) groups excluding carboxylic acids is 1. The number of rotatable bonds is 2. The van der Waals surface area contributed by atoms with Gasteiger partial charge < -0.3 is 4.74 Å². The Morgan fingerprint density at radius 2 is 2.11 bits per heavy atom. The molecule has 94 valence electrons. The summed E-state index contributed by atoms with van der Waals surface area (Å²) in [6.45, 7) is 3.34. The zero-order valence-corrected chi connectivity index (χ0v) is 10.3. The predicted octanol–water partition coefficient (Wildman–Crippen LogP) is 1.81. The molecule has 0 aliphatic heterocycles. The van der Waals surface area contributed by atoms with E-state index in [1.807, 2.05) is 0 Å². The highest BCUT2D eigenvalue weighted by Crippen LogP contribution is 2.16. The van der Waals surface area contributed by atoms with E-state index in [0.717, 1.165) is 0 Å². The van der Waals surface area contributed by atoms with Crippen molar-refractivity contribution >= 4 is 5.97 Å². The lowest BCUT2D eigenvalue weighted by atomic mass is 10.2. The summed E-state index contributed by atoms with van der Waals surface area (Å²) < 4.78 is 19.5. The van der Waals surface area contributed by atoms with Crippen LogP contribution in [0.5, 0.6) is 0 Å². The lowest BCUT2D eigenvalue weighted by Gasteiger charge is -2.04. The van der Waals surface area contributed by atoms with Crippen LogP contribution in [0.25, 0.3) is 5.69 Å². The van der Waals surface area contributed by atoms with Crippen molar-refractivity contribution in [3.05, 3.63) is 41.0 Å². The largest absolute Gasteiger partial charge is 0.464 e. The molecule has 0 atom stereocenters. The van der Waals surface area contributed by atoms with Gasteiger partial charge in [-0.15, -0.1) is 5.10 Å². The van der Waals surface area contributed by atoms with E-state index >= 15 is 0 Å². The lowest BCUT2D eigenvalue weighted by Crippen LogP contribution is -2.05. The van der Waals surface area contributed by atoms with Crippen LogP contribution < -0.4 is 0 Å². The van der Waals surface area contributed by atoms with Crippen LogP contribution >= 0.6 is 0 Å². The normalized spacial score (nSPS) is 10.4. The maximum atomic E-state index is 13.5. The molecule has 0 amide bonds. The van der Waals surface area contributed by atoms with Gasteiger partial charge in [0.05, 0.1) is 18.5 Å². The summed E-state index contributed by atoms with van der Waals surface area (Å²) in [6.07, 6.45) is 0. The van der Waals surface area contributed by atoms with E-state index in [-0.39, 0.29) is 11.5 Å². The molecule has 0 aliphatic carbocycles. The highest BCUT2D eigenvalue weighted by Gasteiger charge is 2.17. The van der Waals surface area contributed by atoms with Crippen LogP contribution in [0.15, 0.2) is 18.2 Å². The number of benzene rings is 1. The summed E-state index contributed by atoms with van der Waals surface area (Å²) in [7, 11) is 1.27. The Morgan fingerprint density at radius 1 is 1.39 bits per heavy atom. The number of aryl methyl sites for hydroxylation is 1. The van der Waals surface area contributed by atoms with E-state index in [9.17, 15) is 9.18 Å². The van der Waals surface area contributed by atoms with Gasteiger partial charge >= 0.3 is 5.97 Å². The summed E-state index contributed by atoms with van der Waals surface area (Å²) in [4.78, 5) is 11.4. The third-order valence-electron chi connectivity index (χ3n) is 2.67. The van der Waals surface area contributed by atoms with Crippen molar-refractivity contribution < 1.29 is 13.9 Å². The first kappa shape index (κ1) is 12.2. The second kappa shape index (κ2) is 4.56. The molecule has 6 heteroatoms. The van der Waals surface area contributed by atoms with Crippen molar-refractivity contribution in [2.75, 3.05) is 7.11 Å². The molecule has 0 saturated heterocycles. The number of halogens is 1. The van der Waals surface area contributed by atoms with Gasteiger partial charge in [-0.2, -0.15) is 0 Å². The summed E-state index contributed by atoms with van der Waals surface area (Å²) in [6, 6.07) is 4.70. The van der Waals surface area contributed by atoms with Crippen LogP contribution in [0.4, 0.5) is 4.39 Å². The number of hydrogen-bond acceptors (Lipinski definition) is 4. The van der Waals surface area contributed by atoms with Gasteiger partial charge in [0.1, 0.15) is 5.82 Å². The fourth-order valence-electron chi connectivity index (χ4n) is 1.57. The van der Waals surface area contributed by atoms with Crippen LogP contribution in [0.1, 0.15) is 21.7 Å². The first-order valence-electron chi connectivity index (χ1n) is 5.31. The van der Waals surface area contributed by atoms with Gasteiger partial charge in [0.25, 0.3) is 0 Å². The second-order valence-electron chi connectivity index (χ2n) is 3.86. The van der Waals surface area contributed by atoms with Crippen LogP contribution in [0, 0.1) is 19.7 Å². The van der Waals surface area contributed by atoms with Gasteiger partial charge in [0.2, 0.25) is 0 Å². The molecule has 0 spiro atoms. The minimum Gasteiger partial charge on any atom is -0.464 e. The molecule has 2 aromatic rings. The van der Waals surface area contributed by atoms with Crippen LogP contribution in [-0.4, -0.2) is 28.1 Å². The molecule has 0 bridgehead atoms. The molecule has 5 nitrogen and oxygen atoms in total. The number of ether oxygens (including phenoxy) is 1. The molecule has 1 aromatic heterocycles. The van der Waals surface area contributed by atoms with Crippen molar-refractivity contribution in [2.24, 2.45) is 0 Å². The van der Waals surface area contributed by atoms with Crippen LogP contribution in [0.2, 0.25) is 0 Å². The third-order valence-corrected chi connectivity index (χ3v) is 2.67. The molecule has 0 saturated carbocycles. The molecule has 2 rings (SSSR count). The third kappa shape index (κ3) is 1.97. The number of carbonyl (C=O) groups is 1. The van der Waals surface area contributed by atoms with Crippen LogP contribution in [-0.2, 0) is 4.74 Å². The summed E-state index contributed by atoms with van der Waals surface area (Å²) in [5, 5.41) is 7.56. The maximum absolute atomic E-state index is 13.5. The molecule has 1 heterocycles. The zero-order valence-electron chi connectivity index (χ0n) is 10.3. The van der Waals surface area contributed by atoms with Crippen molar-refractivity contribution in [1.29, 1.82) is 0 Å². The highest BCUT2D eigenvalue weighted by molar-refractivity contribution is 5.88. The van der Waals surface area contributed by atoms with E-state index in [1.165, 1.54) is 17.9 Å². The predicted molar refractivity (Wildman–Crippen MR) is 62.1 cm³/mol. The topological polar surface area (TPSA) is 57.0 Å². The molecular formula is C12H12FN3O2. The number of nitrogens with zero attached hydrogens (tertiary/aromatic N) is 3. The van der Waals surface area contributed by atoms with E-state index in [4.69, 9.17) is 0 Å². The van der Waals surface area contributed by atoms with E-state index in [2.05, 4.69) is 15.0 Å². The van der Waals surface area contributed by atoms with E-state index in [0.29, 0.717) is 16.9 Å². The summed E-state index contributed by atoms with van der Waals surface area (Å²) in [5.41, 5.74) is 1.69. The van der Waals surface area contributed by atoms with Gasteiger partial charge in [-0.25, -0.2) is 13.9 Å². The van der Waals surface area contributed by atoms with Gasteiger partial charge in [-0.1, -0.05) is 11.3 Å². The molecule has 0 radical (unpaired) electrons. The minimum atomic E-state index is -0.564. The maximum Gasteiger partial charge on any atom is 0.360 e. The van der Waals surface area contributed by atoms with Gasteiger partial charge in [-0.3, -0.25) is 0 Å². The standard InChI is InChI=1S/C12H12FN3O2/c1-7-4-5-9(6-10(7)13)16-8(2)11(14-15-16)12(17)18-3/h4-6H,1-3H3. The Balaban J connectivity index is 2.48. The average molecular weight is 249 g/mol. The smallest absolute Gasteiger partial charge is 0.360 e. The van der Waals surface area contributed by atoms with Crippen LogP contribution in [0.3, 0.4) is 0 Å². The van der Waals surface area contributed by atoms with E-state index in [1.54, 1.807) is 26.0 Å². The Morgan fingerprint density at radius 3 is 2.72 bits per heavy atom. The van der Waals surface area contributed by atoms with Crippen molar-refractivity contribution in [3.63, 3.8) is 0 Å².